The van der Waals surface area contributed by atoms with Crippen molar-refractivity contribution >= 4 is 24.6 Å². The Bertz CT molecular complexity index is 613. The van der Waals surface area contributed by atoms with Crippen molar-refractivity contribution in [1.29, 1.82) is 0 Å². The third-order valence-corrected chi connectivity index (χ3v) is 4.08. The molecule has 0 aromatic heterocycles. The summed E-state index contributed by atoms with van der Waals surface area (Å²) in [4.78, 5) is 45.7. The maximum atomic E-state index is 11.6. The Kier molecular flexibility index (Phi) is 29.9. The van der Waals surface area contributed by atoms with Crippen molar-refractivity contribution in [3.05, 3.63) is 0 Å². The van der Waals surface area contributed by atoms with E-state index in [-0.39, 0.29) is 118 Å². The second-order valence-corrected chi connectivity index (χ2v) is 7.53. The van der Waals surface area contributed by atoms with Gasteiger partial charge in [0.15, 0.2) is 0 Å². The molecule has 4 atom stereocenters. The number of ether oxygens (including phenoxy) is 9. The molecule has 17 heteroatoms. The van der Waals surface area contributed by atoms with Crippen molar-refractivity contribution < 1.29 is 137 Å². The smallest absolute Gasteiger partial charge is 0.432 e. The molecule has 0 spiro atoms. The maximum absolute atomic E-state index is 11.6. The van der Waals surface area contributed by atoms with Crippen LogP contribution in [0.1, 0.15) is 40.5 Å². The molecule has 0 aliphatic carbocycles. The van der Waals surface area contributed by atoms with E-state index in [2.05, 4.69) is 18.9 Å². The van der Waals surface area contributed by atoms with Gasteiger partial charge in [0.2, 0.25) is 0 Å². The Morgan fingerprint density at radius 1 is 0.538 bits per heavy atom. The Hall–Kier alpha value is -0.832. The SMILES string of the molecule is CCC(O)COC(=O)OCCOC(=O)OC(C)COCC(C)OC(=O)OCCOC(=O)OCC(O)CC.[Y].[Y]. The number of carbonyl (C=O) groups is 4. The minimum Gasteiger partial charge on any atom is -0.432 e. The van der Waals surface area contributed by atoms with Crippen molar-refractivity contribution in [3.8, 4) is 0 Å². The largest absolute Gasteiger partial charge is 0.508 e. The zero-order valence-corrected chi connectivity index (χ0v) is 28.4. The van der Waals surface area contributed by atoms with Gasteiger partial charge in [-0.05, 0) is 26.7 Å². The molecule has 0 amide bonds. The Morgan fingerprint density at radius 2 is 0.846 bits per heavy atom. The molecule has 0 aromatic rings. The molecule has 2 N–H and O–H groups in total. The summed E-state index contributed by atoms with van der Waals surface area (Å²) in [6.45, 7) is 5.05. The third-order valence-electron chi connectivity index (χ3n) is 4.08. The van der Waals surface area contributed by atoms with Gasteiger partial charge in [-0.1, -0.05) is 13.8 Å². The van der Waals surface area contributed by atoms with Gasteiger partial charge < -0.3 is 52.8 Å². The van der Waals surface area contributed by atoms with Gasteiger partial charge in [0.1, 0.15) is 51.8 Å². The molecule has 0 aliphatic rings. The number of rotatable bonds is 18. The van der Waals surface area contributed by atoms with E-state index in [9.17, 15) is 29.4 Å². The van der Waals surface area contributed by atoms with Crippen LogP contribution in [0.15, 0.2) is 0 Å². The normalized spacial score (nSPS) is 13.1. The summed E-state index contributed by atoms with van der Waals surface area (Å²) < 4.78 is 43.3. The maximum Gasteiger partial charge on any atom is 0.508 e. The number of aliphatic hydroxyl groups is 2. The van der Waals surface area contributed by atoms with Crippen LogP contribution in [0.25, 0.3) is 0 Å². The number of hydrogen-bond acceptors (Lipinski definition) is 15. The first kappa shape index (κ1) is 42.6. The second-order valence-electron chi connectivity index (χ2n) is 7.53. The van der Waals surface area contributed by atoms with E-state index in [1.165, 1.54) is 0 Å². The first-order valence-electron chi connectivity index (χ1n) is 11.8. The summed E-state index contributed by atoms with van der Waals surface area (Å²) in [5.41, 5.74) is 0. The van der Waals surface area contributed by atoms with Crippen molar-refractivity contribution in [2.24, 2.45) is 0 Å². The van der Waals surface area contributed by atoms with Crippen LogP contribution in [0.5, 0.6) is 0 Å². The van der Waals surface area contributed by atoms with E-state index >= 15 is 0 Å². The fraction of sp³-hybridized carbons (Fsp3) is 0.818. The Balaban J connectivity index is -0.00000648. The predicted octanol–water partition coefficient (Wildman–Crippen LogP) is 1.93. The zero-order chi connectivity index (χ0) is 28.1. The van der Waals surface area contributed by atoms with Gasteiger partial charge in [0.25, 0.3) is 0 Å². The molecule has 2 radical (unpaired) electrons. The van der Waals surface area contributed by atoms with Crippen LogP contribution in [0, 0.1) is 0 Å². The summed E-state index contributed by atoms with van der Waals surface area (Å²) in [7, 11) is 0. The van der Waals surface area contributed by atoms with Gasteiger partial charge in [-0.3, -0.25) is 0 Å². The van der Waals surface area contributed by atoms with E-state index in [1.54, 1.807) is 27.7 Å². The molecule has 0 bridgehead atoms. The predicted molar refractivity (Wildman–Crippen MR) is 122 cm³/mol. The third kappa shape index (κ3) is 27.1. The van der Waals surface area contributed by atoms with Gasteiger partial charge >= 0.3 is 24.6 Å². The van der Waals surface area contributed by atoms with Gasteiger partial charge in [-0.25, -0.2) is 19.2 Å². The van der Waals surface area contributed by atoms with Gasteiger partial charge in [0.05, 0.1) is 25.4 Å². The van der Waals surface area contributed by atoms with Crippen molar-refractivity contribution in [2.45, 2.75) is 65.0 Å². The minimum absolute atomic E-state index is 0. The van der Waals surface area contributed by atoms with Crippen LogP contribution in [-0.4, -0.2) is 112 Å². The monoisotopic (exact) mass is 720 g/mol. The first-order chi connectivity index (χ1) is 17.6. The van der Waals surface area contributed by atoms with E-state index in [0.717, 1.165) is 0 Å². The quantitative estimate of drug-likeness (QED) is 0.119. The summed E-state index contributed by atoms with van der Waals surface area (Å²) in [6, 6.07) is 0. The molecule has 0 saturated carbocycles. The fourth-order valence-corrected chi connectivity index (χ4v) is 2.01. The molecule has 0 aromatic carbocycles. The van der Waals surface area contributed by atoms with E-state index in [1.807, 2.05) is 0 Å². The van der Waals surface area contributed by atoms with Crippen LogP contribution in [-0.2, 0) is 108 Å². The summed E-state index contributed by atoms with van der Waals surface area (Å²) in [6.07, 6.45) is -6.09. The van der Waals surface area contributed by atoms with Crippen molar-refractivity contribution in [3.63, 3.8) is 0 Å². The Labute approximate surface area is 277 Å². The molecule has 39 heavy (non-hydrogen) atoms. The second kappa shape index (κ2) is 27.3. The van der Waals surface area contributed by atoms with Crippen LogP contribution < -0.4 is 0 Å². The topological polar surface area (TPSA) is 192 Å². The minimum atomic E-state index is -1.00. The molecular weight excluding hydrogens is 682 g/mol. The van der Waals surface area contributed by atoms with Crippen LogP contribution in [0.4, 0.5) is 19.2 Å². The van der Waals surface area contributed by atoms with Gasteiger partial charge in [-0.15, -0.1) is 0 Å². The number of carbonyl (C=O) groups excluding carboxylic acids is 4. The van der Waals surface area contributed by atoms with E-state index in [4.69, 9.17) is 23.7 Å². The summed E-state index contributed by atoms with van der Waals surface area (Å²) >= 11 is 0. The van der Waals surface area contributed by atoms with Crippen molar-refractivity contribution in [1.82, 2.24) is 0 Å². The molecule has 0 aliphatic heterocycles. The number of aliphatic hydroxyl groups excluding tert-OH is 2. The number of hydrogen-bond donors (Lipinski definition) is 2. The first-order valence-corrected chi connectivity index (χ1v) is 11.8. The van der Waals surface area contributed by atoms with Crippen LogP contribution >= 0.6 is 0 Å². The average molecular weight is 720 g/mol. The molecule has 0 fully saturated rings. The summed E-state index contributed by atoms with van der Waals surface area (Å²) in [5.74, 6) is 0. The average Bonchev–Trinajstić information content (AvgIpc) is 2.85. The van der Waals surface area contributed by atoms with E-state index < -0.39 is 49.0 Å². The molecule has 0 saturated heterocycles. The molecule has 4 unspecified atom stereocenters. The zero-order valence-electron chi connectivity index (χ0n) is 22.7. The Morgan fingerprint density at radius 3 is 1.15 bits per heavy atom. The van der Waals surface area contributed by atoms with Gasteiger partial charge in [0, 0.05) is 65.4 Å². The standard InChI is InChI=1S/C22H38O15.2Y/c1-5-17(23)13-34-19(25)30-7-9-32-21(27)36-15(3)11-29-12-16(4)37-22(28)33-10-8-31-20(26)35-14-18(24)6-2;;/h15-18,23-24H,5-14H2,1-4H3;;. The molecule has 0 heterocycles. The van der Waals surface area contributed by atoms with Crippen LogP contribution in [0.2, 0.25) is 0 Å². The fourth-order valence-electron chi connectivity index (χ4n) is 2.01. The molecular formula is C22H38O15Y2. The van der Waals surface area contributed by atoms with Crippen LogP contribution in [0.3, 0.4) is 0 Å². The van der Waals surface area contributed by atoms with E-state index in [0.29, 0.717) is 12.8 Å². The molecule has 222 valence electrons. The van der Waals surface area contributed by atoms with Gasteiger partial charge in [-0.2, -0.15) is 0 Å². The molecule has 15 nitrogen and oxygen atoms in total. The summed E-state index contributed by atoms with van der Waals surface area (Å²) in [5, 5.41) is 18.5. The molecule has 0 rings (SSSR count). The van der Waals surface area contributed by atoms with Crippen molar-refractivity contribution in [2.75, 3.05) is 52.9 Å².